The van der Waals surface area contributed by atoms with E-state index < -0.39 is 53.2 Å². The van der Waals surface area contributed by atoms with Gasteiger partial charge in [0.2, 0.25) is 17.7 Å². The summed E-state index contributed by atoms with van der Waals surface area (Å²) in [6, 6.07) is -1.19. The molecule has 4 fully saturated rings. The number of anilines is 1. The SMILES string of the molecule is C=C(C)C(=O)NC(c1cn2nc(C[C@H]3CC(C(F)(F)P)CNC3=O)c(N3CCN4CC(F)(F)C[C@@H]4C3)nc2n1)C1CCC(F)(F)CC1.CC. The van der Waals surface area contributed by atoms with Crippen molar-refractivity contribution >= 4 is 32.6 Å². The van der Waals surface area contributed by atoms with Gasteiger partial charge < -0.3 is 15.5 Å². The first-order valence-electron chi connectivity index (χ1n) is 16.9. The van der Waals surface area contributed by atoms with Gasteiger partial charge in [-0.25, -0.2) is 35.8 Å². The van der Waals surface area contributed by atoms with E-state index in [2.05, 4.69) is 22.2 Å². The third-order valence-electron chi connectivity index (χ3n) is 9.93. The third-order valence-corrected chi connectivity index (χ3v) is 10.4. The van der Waals surface area contributed by atoms with Crippen molar-refractivity contribution < 1.29 is 35.9 Å². The van der Waals surface area contributed by atoms with Crippen LogP contribution in [0.1, 0.15) is 76.7 Å². The Bertz CT molecular complexity index is 1540. The Balaban J connectivity index is 0.00000230. The van der Waals surface area contributed by atoms with E-state index in [1.54, 1.807) is 11.1 Å². The van der Waals surface area contributed by atoms with E-state index in [1.165, 1.54) is 20.7 Å². The Labute approximate surface area is 284 Å². The summed E-state index contributed by atoms with van der Waals surface area (Å²) < 4.78 is 86.5. The third kappa shape index (κ3) is 8.49. The quantitative estimate of drug-likeness (QED) is 0.225. The van der Waals surface area contributed by atoms with Gasteiger partial charge in [-0.3, -0.25) is 14.5 Å². The summed E-state index contributed by atoms with van der Waals surface area (Å²) in [6.07, 6.45) is 0.721. The molecule has 5 atom stereocenters. The molecule has 4 aliphatic rings. The fourth-order valence-corrected chi connectivity index (χ4v) is 7.54. The largest absolute Gasteiger partial charge is 0.355 e. The van der Waals surface area contributed by atoms with Crippen LogP contribution in [0, 0.1) is 17.8 Å². The molecule has 17 heteroatoms. The van der Waals surface area contributed by atoms with Gasteiger partial charge in [0.15, 0.2) is 5.82 Å². The highest BCUT2D eigenvalue weighted by molar-refractivity contribution is 7.18. The molecular formula is C32H45F6N8O2P. The Morgan fingerprint density at radius 2 is 1.86 bits per heavy atom. The van der Waals surface area contributed by atoms with E-state index in [-0.39, 0.29) is 81.8 Å². The average molecular weight is 719 g/mol. The highest BCUT2D eigenvalue weighted by atomic mass is 31.0. The number of alkyl halides is 6. The maximum atomic E-state index is 14.3. The lowest BCUT2D eigenvalue weighted by atomic mass is 9.81. The van der Waals surface area contributed by atoms with Crippen LogP contribution in [-0.2, 0) is 16.0 Å². The van der Waals surface area contributed by atoms with Gasteiger partial charge in [-0.2, -0.15) is 10.1 Å². The van der Waals surface area contributed by atoms with Crippen molar-refractivity contribution in [1.82, 2.24) is 35.1 Å². The summed E-state index contributed by atoms with van der Waals surface area (Å²) >= 11 is 0. The van der Waals surface area contributed by atoms with Crippen molar-refractivity contribution in [2.45, 2.75) is 95.3 Å². The van der Waals surface area contributed by atoms with Crippen molar-refractivity contribution in [3.8, 4) is 0 Å². The number of nitrogens with one attached hydrogen (secondary N) is 2. The number of halogens is 6. The smallest absolute Gasteiger partial charge is 0.263 e. The molecule has 5 heterocycles. The topological polar surface area (TPSA) is 108 Å². The highest BCUT2D eigenvalue weighted by Gasteiger charge is 2.48. The molecule has 10 nitrogen and oxygen atoms in total. The Hall–Kier alpha value is -3.00. The second kappa shape index (κ2) is 14.3. The molecule has 2 amide bonds. The molecule has 2 aromatic rings. The van der Waals surface area contributed by atoms with E-state index in [9.17, 15) is 35.9 Å². The zero-order chi connectivity index (χ0) is 35.9. The van der Waals surface area contributed by atoms with Crippen molar-refractivity contribution in [2.24, 2.45) is 17.8 Å². The van der Waals surface area contributed by atoms with Crippen LogP contribution < -0.4 is 15.5 Å². The molecule has 2 N–H and O–H groups in total. The summed E-state index contributed by atoms with van der Waals surface area (Å²) in [5.41, 5.74) is -2.21. The van der Waals surface area contributed by atoms with Gasteiger partial charge in [0.1, 0.15) is 5.69 Å². The molecule has 1 saturated carbocycles. The van der Waals surface area contributed by atoms with E-state index in [0.29, 0.717) is 30.3 Å². The minimum Gasteiger partial charge on any atom is -0.355 e. The number of hydrogen-bond acceptors (Lipinski definition) is 7. The minimum absolute atomic E-state index is 0.0383. The number of imidazole rings is 1. The number of aromatic nitrogens is 4. The first-order valence-corrected chi connectivity index (χ1v) is 17.5. The number of carbonyl (C=O) groups is 2. The number of rotatable bonds is 8. The highest BCUT2D eigenvalue weighted by Crippen LogP contribution is 2.42. The summed E-state index contributed by atoms with van der Waals surface area (Å²) in [6.45, 7) is 9.62. The average Bonchev–Trinajstić information content (AvgIpc) is 3.58. The molecule has 6 rings (SSSR count). The zero-order valence-electron chi connectivity index (χ0n) is 28.0. The van der Waals surface area contributed by atoms with Crippen LogP contribution in [-0.4, -0.2) is 92.6 Å². The predicted molar refractivity (Wildman–Crippen MR) is 175 cm³/mol. The Morgan fingerprint density at radius 1 is 1.16 bits per heavy atom. The lowest BCUT2D eigenvalue weighted by Gasteiger charge is -2.38. The molecule has 3 unspecified atom stereocenters. The van der Waals surface area contributed by atoms with Gasteiger partial charge in [0, 0.05) is 75.3 Å². The van der Waals surface area contributed by atoms with Crippen LogP contribution in [0.4, 0.5) is 32.2 Å². The van der Waals surface area contributed by atoms with Gasteiger partial charge in [0.05, 0.1) is 24.5 Å². The van der Waals surface area contributed by atoms with Crippen LogP contribution in [0.3, 0.4) is 0 Å². The number of piperidine rings is 1. The lowest BCUT2D eigenvalue weighted by molar-refractivity contribution is -0.129. The second-order valence-electron chi connectivity index (χ2n) is 13.6. The number of amides is 2. The molecule has 0 bridgehead atoms. The maximum Gasteiger partial charge on any atom is 0.263 e. The molecular weight excluding hydrogens is 673 g/mol. The number of carbonyl (C=O) groups excluding carboxylic acids is 2. The summed E-state index contributed by atoms with van der Waals surface area (Å²) in [4.78, 5) is 38.6. The van der Waals surface area contributed by atoms with E-state index >= 15 is 0 Å². The fraction of sp³-hybridized carbons (Fsp3) is 0.719. The van der Waals surface area contributed by atoms with Crippen LogP contribution in [0.2, 0.25) is 0 Å². The Morgan fingerprint density at radius 3 is 2.51 bits per heavy atom. The number of hydrogen-bond donors (Lipinski definition) is 2. The standard InChI is InChI=1S/C30H39F6N8O2P.C2H6/c1-16(2)25(45)39-23(17-3-5-28(31,32)6-4-17)22-14-44-27(38-22)40-24(42-7-8-43-15-29(33,34)11-20(43)13-42)21(41-44)10-18-9-19(30(35,36)47)12-37-26(18)46;1-2/h14,17-20,23H,1,3-13,15,47H2,2H3,(H,37,46)(H,39,45);1-2H3/t18-,19?,20-,23?;/m1./s1. The first kappa shape index (κ1) is 37.3. The zero-order valence-corrected chi connectivity index (χ0v) is 29.2. The van der Waals surface area contributed by atoms with E-state index in [0.717, 1.165) is 0 Å². The molecule has 0 radical (unpaired) electrons. The van der Waals surface area contributed by atoms with Gasteiger partial charge in [0.25, 0.3) is 17.4 Å². The van der Waals surface area contributed by atoms with E-state index in [1.807, 2.05) is 18.7 Å². The van der Waals surface area contributed by atoms with Gasteiger partial charge in [-0.1, -0.05) is 29.7 Å². The first-order chi connectivity index (χ1) is 23.0. The van der Waals surface area contributed by atoms with Crippen molar-refractivity contribution in [2.75, 3.05) is 37.6 Å². The molecule has 49 heavy (non-hydrogen) atoms. The molecule has 1 aliphatic carbocycles. The van der Waals surface area contributed by atoms with Gasteiger partial charge in [-0.15, -0.1) is 0 Å². The molecule has 3 saturated heterocycles. The summed E-state index contributed by atoms with van der Waals surface area (Å²) in [7, 11) is 1.53. The minimum atomic E-state index is -3.10. The van der Waals surface area contributed by atoms with Crippen molar-refractivity contribution in [1.29, 1.82) is 0 Å². The van der Waals surface area contributed by atoms with Crippen molar-refractivity contribution in [3.63, 3.8) is 0 Å². The Kier molecular flexibility index (Phi) is 10.9. The van der Waals surface area contributed by atoms with Crippen LogP contribution in [0.15, 0.2) is 18.3 Å². The number of nitrogens with zero attached hydrogens (tertiary/aromatic N) is 6. The molecule has 0 spiro atoms. The normalized spacial score (nSPS) is 26.4. The number of fused-ring (bicyclic) bond motifs is 2. The second-order valence-corrected chi connectivity index (χ2v) is 14.4. The molecule has 3 aliphatic heterocycles. The molecule has 272 valence electrons. The summed E-state index contributed by atoms with van der Waals surface area (Å²) in [5.74, 6) is -8.33. The molecule has 0 aromatic carbocycles. The monoisotopic (exact) mass is 718 g/mol. The van der Waals surface area contributed by atoms with Gasteiger partial charge in [-0.05, 0) is 32.1 Å². The predicted octanol–water partition coefficient (Wildman–Crippen LogP) is 5.00. The van der Waals surface area contributed by atoms with Crippen LogP contribution >= 0.6 is 9.24 Å². The van der Waals surface area contributed by atoms with Crippen molar-refractivity contribution in [3.05, 3.63) is 29.7 Å². The number of piperazine rings is 1. The van der Waals surface area contributed by atoms with Crippen LogP contribution in [0.25, 0.3) is 5.78 Å². The summed E-state index contributed by atoms with van der Waals surface area (Å²) in [5, 5.41) is 10.2. The van der Waals surface area contributed by atoms with Gasteiger partial charge >= 0.3 is 0 Å². The maximum absolute atomic E-state index is 14.3. The van der Waals surface area contributed by atoms with E-state index in [4.69, 9.17) is 10.1 Å². The fourth-order valence-electron chi connectivity index (χ4n) is 7.29. The van der Waals surface area contributed by atoms with Crippen LogP contribution in [0.5, 0.6) is 0 Å². The molecule has 2 aromatic heterocycles. The lowest BCUT2D eigenvalue weighted by Crippen LogP contribution is -2.51.